The first-order valence-corrected chi connectivity index (χ1v) is 9.53. The van der Waals surface area contributed by atoms with E-state index >= 15 is 0 Å². The van der Waals surface area contributed by atoms with Crippen molar-refractivity contribution >= 4 is 11.3 Å². The Labute approximate surface area is 147 Å². The molecule has 1 aliphatic heterocycles. The predicted octanol–water partition coefficient (Wildman–Crippen LogP) is 3.40. The molecule has 1 aliphatic carbocycles. The van der Waals surface area contributed by atoms with Gasteiger partial charge in [-0.05, 0) is 49.6 Å². The molecule has 1 saturated carbocycles. The molecule has 0 spiro atoms. The first-order valence-electron chi connectivity index (χ1n) is 8.71. The van der Waals surface area contributed by atoms with E-state index in [-0.39, 0.29) is 12.2 Å². The molecule has 4 nitrogen and oxygen atoms in total. The molecule has 5 heteroatoms. The van der Waals surface area contributed by atoms with Crippen LogP contribution in [0.2, 0.25) is 0 Å². The van der Waals surface area contributed by atoms with Crippen LogP contribution in [0.15, 0.2) is 36.7 Å². The maximum atomic E-state index is 6.18. The van der Waals surface area contributed by atoms with Crippen LogP contribution >= 0.6 is 11.3 Å². The molecule has 0 unspecified atom stereocenters. The van der Waals surface area contributed by atoms with Gasteiger partial charge in [-0.2, -0.15) is 0 Å². The lowest BCUT2D eigenvalue weighted by Crippen LogP contribution is -2.51. The Bertz CT molecular complexity index is 660. The summed E-state index contributed by atoms with van der Waals surface area (Å²) in [7, 11) is 0. The SMILES string of the molecule is Cc1ccc(CN2CCO[C@H]3[C@H](OCc4ccncc4)CC[C@@H]32)s1. The van der Waals surface area contributed by atoms with Crippen LogP contribution in [0.4, 0.5) is 0 Å². The van der Waals surface area contributed by atoms with Gasteiger partial charge in [0.2, 0.25) is 0 Å². The lowest BCUT2D eigenvalue weighted by molar-refractivity contribution is -0.118. The normalized spacial score (nSPS) is 27.3. The zero-order valence-electron chi connectivity index (χ0n) is 14.1. The highest BCUT2D eigenvalue weighted by molar-refractivity contribution is 7.11. The van der Waals surface area contributed by atoms with E-state index in [0.717, 1.165) is 32.5 Å². The van der Waals surface area contributed by atoms with E-state index in [1.165, 1.54) is 15.3 Å². The third-order valence-corrected chi connectivity index (χ3v) is 6.00. The second-order valence-electron chi connectivity index (χ2n) is 6.67. The van der Waals surface area contributed by atoms with Crippen molar-refractivity contribution in [2.45, 2.75) is 51.2 Å². The molecule has 2 fully saturated rings. The standard InChI is InChI=1S/C19H24N2O2S/c1-14-2-3-16(24-14)12-21-10-11-22-19-17(21)4-5-18(19)23-13-15-6-8-20-9-7-15/h2-3,6-9,17-19H,4-5,10-13H2,1H3/t17-,18+,19+/m0/s1. The van der Waals surface area contributed by atoms with Crippen molar-refractivity contribution < 1.29 is 9.47 Å². The lowest BCUT2D eigenvalue weighted by Gasteiger charge is -2.38. The summed E-state index contributed by atoms with van der Waals surface area (Å²) >= 11 is 1.90. The molecule has 1 saturated heterocycles. The summed E-state index contributed by atoms with van der Waals surface area (Å²) in [4.78, 5) is 9.49. The highest BCUT2D eigenvalue weighted by atomic mass is 32.1. The molecular formula is C19H24N2O2S. The average molecular weight is 344 g/mol. The summed E-state index contributed by atoms with van der Waals surface area (Å²) in [5.41, 5.74) is 1.18. The Morgan fingerprint density at radius 1 is 1.25 bits per heavy atom. The monoisotopic (exact) mass is 344 g/mol. The number of ether oxygens (including phenoxy) is 2. The predicted molar refractivity (Wildman–Crippen MR) is 95.0 cm³/mol. The fourth-order valence-electron chi connectivity index (χ4n) is 3.82. The van der Waals surface area contributed by atoms with E-state index in [1.807, 2.05) is 35.9 Å². The number of pyridine rings is 1. The first kappa shape index (κ1) is 16.2. The molecule has 2 aromatic rings. The van der Waals surface area contributed by atoms with E-state index in [1.54, 1.807) is 0 Å². The molecule has 3 heterocycles. The third-order valence-electron chi connectivity index (χ3n) is 5.02. The Morgan fingerprint density at radius 3 is 2.92 bits per heavy atom. The Kier molecular flexibility index (Phi) is 4.94. The molecule has 0 aromatic carbocycles. The zero-order chi connectivity index (χ0) is 16.4. The number of aryl methyl sites for hydroxylation is 1. The number of morpholine rings is 1. The number of hydrogen-bond acceptors (Lipinski definition) is 5. The first-order chi connectivity index (χ1) is 11.8. The van der Waals surface area contributed by atoms with Crippen LogP contribution in [0, 0.1) is 6.92 Å². The van der Waals surface area contributed by atoms with Gasteiger partial charge in [-0.25, -0.2) is 0 Å². The summed E-state index contributed by atoms with van der Waals surface area (Å²) in [5.74, 6) is 0. The van der Waals surface area contributed by atoms with Gasteiger partial charge in [0.1, 0.15) is 0 Å². The largest absolute Gasteiger partial charge is 0.373 e. The van der Waals surface area contributed by atoms with Gasteiger partial charge in [-0.3, -0.25) is 9.88 Å². The Balaban J connectivity index is 1.37. The van der Waals surface area contributed by atoms with Gasteiger partial charge in [-0.1, -0.05) is 0 Å². The van der Waals surface area contributed by atoms with Crippen LogP contribution in [0.25, 0.3) is 0 Å². The van der Waals surface area contributed by atoms with Crippen LogP contribution < -0.4 is 0 Å². The lowest BCUT2D eigenvalue weighted by atomic mass is 10.1. The van der Waals surface area contributed by atoms with Crippen molar-refractivity contribution in [3.8, 4) is 0 Å². The number of fused-ring (bicyclic) bond motifs is 1. The summed E-state index contributed by atoms with van der Waals surface area (Å²) in [6, 6.07) is 8.99. The molecule has 24 heavy (non-hydrogen) atoms. The molecule has 2 aromatic heterocycles. The van der Waals surface area contributed by atoms with Gasteiger partial charge in [0, 0.05) is 41.3 Å². The number of thiophene rings is 1. The van der Waals surface area contributed by atoms with Crippen molar-refractivity contribution in [3.63, 3.8) is 0 Å². The van der Waals surface area contributed by atoms with Crippen molar-refractivity contribution in [2.24, 2.45) is 0 Å². The smallest absolute Gasteiger partial charge is 0.0992 e. The molecule has 0 amide bonds. The van der Waals surface area contributed by atoms with Gasteiger partial charge in [0.05, 0.1) is 25.4 Å². The van der Waals surface area contributed by atoms with Crippen LogP contribution in [-0.4, -0.2) is 41.3 Å². The summed E-state index contributed by atoms with van der Waals surface area (Å²) in [5, 5.41) is 0. The van der Waals surface area contributed by atoms with E-state index in [9.17, 15) is 0 Å². The summed E-state index contributed by atoms with van der Waals surface area (Å²) < 4.78 is 12.3. The average Bonchev–Trinajstić information content (AvgIpc) is 3.21. The number of hydrogen-bond donors (Lipinski definition) is 0. The van der Waals surface area contributed by atoms with Crippen LogP contribution in [0.3, 0.4) is 0 Å². The van der Waals surface area contributed by atoms with Crippen molar-refractivity contribution in [1.29, 1.82) is 0 Å². The fraction of sp³-hybridized carbons (Fsp3) is 0.526. The quantitative estimate of drug-likeness (QED) is 0.833. The van der Waals surface area contributed by atoms with Crippen LogP contribution in [0.1, 0.15) is 28.2 Å². The molecule has 128 valence electrons. The fourth-order valence-corrected chi connectivity index (χ4v) is 4.74. The minimum Gasteiger partial charge on any atom is -0.373 e. The zero-order valence-corrected chi connectivity index (χ0v) is 14.9. The van der Waals surface area contributed by atoms with E-state index in [0.29, 0.717) is 12.6 Å². The van der Waals surface area contributed by atoms with Crippen LogP contribution in [0.5, 0.6) is 0 Å². The van der Waals surface area contributed by atoms with Crippen LogP contribution in [-0.2, 0) is 22.6 Å². The molecule has 3 atom stereocenters. The Morgan fingerprint density at radius 2 is 2.12 bits per heavy atom. The molecule has 0 bridgehead atoms. The van der Waals surface area contributed by atoms with Gasteiger partial charge in [0.15, 0.2) is 0 Å². The minimum atomic E-state index is 0.205. The van der Waals surface area contributed by atoms with Crippen molar-refractivity contribution in [3.05, 3.63) is 52.0 Å². The second kappa shape index (κ2) is 7.31. The van der Waals surface area contributed by atoms with Gasteiger partial charge in [-0.15, -0.1) is 11.3 Å². The van der Waals surface area contributed by atoms with Crippen molar-refractivity contribution in [1.82, 2.24) is 9.88 Å². The van der Waals surface area contributed by atoms with Crippen molar-refractivity contribution in [2.75, 3.05) is 13.2 Å². The molecule has 0 radical (unpaired) electrons. The number of rotatable bonds is 5. The third kappa shape index (κ3) is 3.54. The number of nitrogens with zero attached hydrogens (tertiary/aromatic N) is 2. The maximum Gasteiger partial charge on any atom is 0.0992 e. The minimum absolute atomic E-state index is 0.205. The highest BCUT2D eigenvalue weighted by Gasteiger charge is 2.43. The second-order valence-corrected chi connectivity index (χ2v) is 8.04. The highest BCUT2D eigenvalue weighted by Crippen LogP contribution is 2.34. The van der Waals surface area contributed by atoms with Gasteiger partial charge < -0.3 is 9.47 Å². The van der Waals surface area contributed by atoms with Gasteiger partial charge >= 0.3 is 0 Å². The van der Waals surface area contributed by atoms with Gasteiger partial charge in [0.25, 0.3) is 0 Å². The summed E-state index contributed by atoms with van der Waals surface area (Å²) in [6.45, 7) is 5.69. The number of aromatic nitrogens is 1. The molecule has 0 N–H and O–H groups in total. The summed E-state index contributed by atoms with van der Waals surface area (Å²) in [6.07, 6.45) is 6.30. The topological polar surface area (TPSA) is 34.6 Å². The molecule has 2 aliphatic rings. The Hall–Kier alpha value is -1.27. The molecular weight excluding hydrogens is 320 g/mol. The maximum absolute atomic E-state index is 6.18. The molecule has 4 rings (SSSR count). The van der Waals surface area contributed by atoms with E-state index in [2.05, 4.69) is 28.9 Å². The van der Waals surface area contributed by atoms with E-state index in [4.69, 9.17) is 9.47 Å². The van der Waals surface area contributed by atoms with E-state index < -0.39 is 0 Å².